The summed E-state index contributed by atoms with van der Waals surface area (Å²) in [6.45, 7) is -7.40. The molecular weight excluding hydrogens is 510 g/mol. The Hall–Kier alpha value is -5.10. The summed E-state index contributed by atoms with van der Waals surface area (Å²) in [7, 11) is 0. The Balaban J connectivity index is 4.78. The molecule has 0 atom stereocenters. The molecule has 1 rings (SSSR count). The number of aliphatic hydroxyl groups is 3. The lowest BCUT2D eigenvalue weighted by molar-refractivity contribution is -0.502. The normalized spacial score (nSPS) is 10.4. The number of nitro benzene ring substituents is 3. The van der Waals surface area contributed by atoms with Crippen molar-refractivity contribution in [2.24, 2.45) is 0 Å². The lowest BCUT2D eigenvalue weighted by Gasteiger charge is -2.21. The molecule has 3 N–H and O–H groups in total. The number of nitro groups is 6. The van der Waals surface area contributed by atoms with Crippen molar-refractivity contribution in [3.8, 4) is 0 Å². The van der Waals surface area contributed by atoms with Gasteiger partial charge >= 0.3 is 17.1 Å². The van der Waals surface area contributed by atoms with Gasteiger partial charge in [0.15, 0.2) is 15.1 Å². The Morgan fingerprint density at radius 2 is 0.667 bits per heavy atom. The fourth-order valence-corrected chi connectivity index (χ4v) is 3.03. The van der Waals surface area contributed by atoms with Gasteiger partial charge in [0.05, 0.1) is 34.6 Å². The maximum atomic E-state index is 11.9. The molecule has 0 aromatic heterocycles. The van der Waals surface area contributed by atoms with Gasteiger partial charge in [-0.2, -0.15) is 0 Å². The number of hydrogen-bond donors (Lipinski definition) is 3. The number of anilines is 3. The number of hydrogen-bond acceptors (Lipinski definition) is 15. The minimum Gasteiger partial charge on any atom is -0.394 e. The zero-order valence-corrected chi connectivity index (χ0v) is 17.5. The summed E-state index contributed by atoms with van der Waals surface area (Å²) in [5, 5.41) is 92.1. The molecule has 0 aliphatic rings. The van der Waals surface area contributed by atoms with Gasteiger partial charge in [-0.25, -0.2) is 30.3 Å². The molecule has 1 aromatic carbocycles. The molecule has 0 fully saturated rings. The minimum absolute atomic E-state index is 0.457. The Labute approximate surface area is 195 Å². The molecule has 0 spiro atoms. The average Bonchev–Trinajstić information content (AvgIpc) is 2.76. The van der Waals surface area contributed by atoms with Crippen LogP contribution in [0.1, 0.15) is 0 Å². The van der Waals surface area contributed by atoms with Gasteiger partial charge < -0.3 is 15.3 Å². The molecule has 0 aliphatic heterocycles. The van der Waals surface area contributed by atoms with Crippen LogP contribution in [-0.2, 0) is 0 Å². The summed E-state index contributed by atoms with van der Waals surface area (Å²) in [5.41, 5.74) is -11.3. The molecule has 0 amide bonds. The summed E-state index contributed by atoms with van der Waals surface area (Å²) >= 11 is 0. The predicted molar refractivity (Wildman–Crippen MR) is 111 cm³/mol. The van der Waals surface area contributed by atoms with Crippen LogP contribution in [0.3, 0.4) is 0 Å². The number of benzene rings is 1. The molecule has 1 aromatic rings. The maximum absolute atomic E-state index is 11.9. The third-order valence-electron chi connectivity index (χ3n) is 4.19. The molecule has 0 heterocycles. The maximum Gasteiger partial charge on any atom is 0.342 e. The van der Waals surface area contributed by atoms with E-state index in [1.54, 1.807) is 0 Å². The summed E-state index contributed by atoms with van der Waals surface area (Å²) < 4.78 is 0. The molecule has 24 heteroatoms. The molecule has 0 aliphatic carbocycles. The van der Waals surface area contributed by atoms with Gasteiger partial charge in [0.2, 0.25) is 0 Å². The van der Waals surface area contributed by atoms with E-state index < -0.39 is 118 Å². The van der Waals surface area contributed by atoms with Crippen LogP contribution in [0.15, 0.2) is 0 Å². The second-order valence-electron chi connectivity index (χ2n) is 6.12. The van der Waals surface area contributed by atoms with Crippen molar-refractivity contribution in [3.05, 3.63) is 60.7 Å². The molecule has 36 heavy (non-hydrogen) atoms. The van der Waals surface area contributed by atoms with Crippen LogP contribution < -0.4 is 15.0 Å². The predicted octanol–water partition coefficient (Wildman–Crippen LogP) is -1.62. The van der Waals surface area contributed by atoms with E-state index in [1.807, 2.05) is 0 Å². The van der Waals surface area contributed by atoms with Crippen molar-refractivity contribution in [2.75, 3.05) is 54.5 Å². The smallest absolute Gasteiger partial charge is 0.342 e. The largest absolute Gasteiger partial charge is 0.394 e. The van der Waals surface area contributed by atoms with Gasteiger partial charge in [-0.15, -0.1) is 0 Å². The first-order chi connectivity index (χ1) is 16.8. The molecule has 0 saturated heterocycles. The SMILES string of the molecule is O=[N+]([O-])c1c(N(CCO)[N+](=O)[O-])c([N+](=O)[O-])c(N(CCO)[N+](=O)[O-])c([N+](=O)[O-])c1N(CCO)[N+](=O)[O-]. The number of nitrogens with zero attached hydrogens (tertiary/aromatic N) is 9. The Kier molecular flexibility index (Phi) is 9.53. The molecular formula is C12H15N9O15. The van der Waals surface area contributed by atoms with Crippen LogP contribution >= 0.6 is 0 Å². The molecule has 0 radical (unpaired) electrons. The second kappa shape index (κ2) is 11.9. The second-order valence-corrected chi connectivity index (χ2v) is 6.12. The highest BCUT2D eigenvalue weighted by Crippen LogP contribution is 2.56. The molecule has 0 unspecified atom stereocenters. The van der Waals surface area contributed by atoms with E-state index in [-0.39, 0.29) is 0 Å². The third-order valence-corrected chi connectivity index (χ3v) is 4.19. The van der Waals surface area contributed by atoms with Gasteiger partial charge in [-0.1, -0.05) is 15.0 Å². The zero-order valence-electron chi connectivity index (χ0n) is 17.5. The van der Waals surface area contributed by atoms with Crippen molar-refractivity contribution in [2.45, 2.75) is 0 Å². The van der Waals surface area contributed by atoms with Crippen LogP contribution in [0.4, 0.5) is 34.1 Å². The van der Waals surface area contributed by atoms with Gasteiger partial charge in [0, 0.05) is 0 Å². The van der Waals surface area contributed by atoms with Crippen LogP contribution in [-0.4, -0.2) is 84.6 Å². The van der Waals surface area contributed by atoms with Gasteiger partial charge in [0.25, 0.3) is 17.1 Å². The van der Waals surface area contributed by atoms with Crippen molar-refractivity contribution in [3.63, 3.8) is 0 Å². The van der Waals surface area contributed by atoms with Crippen molar-refractivity contribution in [1.82, 2.24) is 0 Å². The molecule has 198 valence electrons. The van der Waals surface area contributed by atoms with Crippen LogP contribution in [0.2, 0.25) is 0 Å². The molecule has 0 saturated carbocycles. The van der Waals surface area contributed by atoms with Gasteiger partial charge in [-0.3, -0.25) is 30.3 Å². The first-order valence-electron chi connectivity index (χ1n) is 9.03. The van der Waals surface area contributed by atoms with E-state index in [0.717, 1.165) is 0 Å². The van der Waals surface area contributed by atoms with E-state index in [2.05, 4.69) is 0 Å². The van der Waals surface area contributed by atoms with Crippen LogP contribution in [0, 0.1) is 60.7 Å². The fraction of sp³-hybridized carbons (Fsp3) is 0.500. The summed E-state index contributed by atoms with van der Waals surface area (Å²) in [5.74, 6) is 0. The van der Waals surface area contributed by atoms with E-state index >= 15 is 0 Å². The molecule has 24 nitrogen and oxygen atoms in total. The lowest BCUT2D eigenvalue weighted by Crippen LogP contribution is -2.39. The first-order valence-corrected chi connectivity index (χ1v) is 9.03. The first kappa shape index (κ1) is 28.9. The Bertz CT molecular complexity index is 940. The third kappa shape index (κ3) is 5.51. The van der Waals surface area contributed by atoms with E-state index in [0.29, 0.717) is 0 Å². The van der Waals surface area contributed by atoms with Gasteiger partial charge in [0.1, 0.15) is 19.6 Å². The standard InChI is InChI=1S/C12H15N9O15/c22-4-1-13(19(31)32)7-10(16(25)26)8(14(2-5-23)20(33)34)12(18(29)30)9(11(7)17(27)28)15(3-6-24)21(35)36/h22-24H,1-6H2. The van der Waals surface area contributed by atoms with Gasteiger partial charge in [-0.05, 0) is 0 Å². The summed E-state index contributed by atoms with van der Waals surface area (Å²) in [4.78, 5) is 65.6. The highest BCUT2D eigenvalue weighted by atomic mass is 16.7. The highest BCUT2D eigenvalue weighted by molar-refractivity contribution is 6.00. The van der Waals surface area contributed by atoms with Crippen LogP contribution in [0.5, 0.6) is 0 Å². The topological polar surface area (TPSA) is 329 Å². The monoisotopic (exact) mass is 525 g/mol. The lowest BCUT2D eigenvalue weighted by atomic mass is 10.1. The van der Waals surface area contributed by atoms with E-state index in [1.165, 1.54) is 0 Å². The number of rotatable bonds is 15. The zero-order chi connectivity index (χ0) is 27.9. The minimum atomic E-state index is -1.97. The van der Waals surface area contributed by atoms with E-state index in [4.69, 9.17) is 15.3 Å². The Morgan fingerprint density at radius 1 is 0.472 bits per heavy atom. The highest BCUT2D eigenvalue weighted by Gasteiger charge is 2.54. The summed E-state index contributed by atoms with van der Waals surface area (Å²) in [6.07, 6.45) is 0. The average molecular weight is 525 g/mol. The van der Waals surface area contributed by atoms with E-state index in [9.17, 15) is 60.7 Å². The molecule has 0 bridgehead atoms. The van der Waals surface area contributed by atoms with Crippen molar-refractivity contribution in [1.29, 1.82) is 0 Å². The number of aliphatic hydroxyl groups excluding tert-OH is 3. The van der Waals surface area contributed by atoms with Crippen molar-refractivity contribution >= 4 is 34.1 Å². The Morgan fingerprint density at radius 3 is 0.778 bits per heavy atom. The quantitative estimate of drug-likeness (QED) is 0.171. The van der Waals surface area contributed by atoms with Crippen LogP contribution in [0.25, 0.3) is 0 Å². The summed E-state index contributed by atoms with van der Waals surface area (Å²) in [6, 6.07) is 0. The number of hydrazine groups is 3. The fourth-order valence-electron chi connectivity index (χ4n) is 3.03. The van der Waals surface area contributed by atoms with Crippen molar-refractivity contribution < 1.29 is 45.2 Å².